The normalized spacial score (nSPS) is 23.1. The summed E-state index contributed by atoms with van der Waals surface area (Å²) in [5.41, 5.74) is 5.05. The van der Waals surface area contributed by atoms with E-state index in [1.807, 2.05) is 16.9 Å². The summed E-state index contributed by atoms with van der Waals surface area (Å²) >= 11 is 0. The number of benzene rings is 2. The number of aromatic nitrogens is 3. The molecule has 4 aromatic rings. The van der Waals surface area contributed by atoms with Gasteiger partial charge in [-0.1, -0.05) is 31.1 Å². The molecule has 0 amide bonds. The minimum Gasteiger partial charge on any atom is -0.478 e. The van der Waals surface area contributed by atoms with E-state index >= 15 is 0 Å². The second kappa shape index (κ2) is 7.38. The Morgan fingerprint density at radius 2 is 1.97 bits per heavy atom. The maximum Gasteiger partial charge on any atom is 0.335 e. The maximum absolute atomic E-state index is 14.9. The summed E-state index contributed by atoms with van der Waals surface area (Å²) in [7, 11) is 0. The van der Waals surface area contributed by atoms with E-state index in [-0.39, 0.29) is 22.7 Å². The topological polar surface area (TPSA) is 81.2 Å². The number of carboxylic acid groups (broad SMARTS) is 1. The Morgan fingerprint density at radius 1 is 1.21 bits per heavy atom. The van der Waals surface area contributed by atoms with E-state index < -0.39 is 5.97 Å². The molecule has 0 radical (unpaired) electrons. The zero-order valence-electron chi connectivity index (χ0n) is 19.0. The molecule has 7 heteroatoms. The molecule has 0 saturated carbocycles. The van der Waals surface area contributed by atoms with Gasteiger partial charge in [-0.15, -0.1) is 0 Å². The predicted molar refractivity (Wildman–Crippen MR) is 124 cm³/mol. The van der Waals surface area contributed by atoms with Gasteiger partial charge < -0.3 is 9.63 Å². The molecule has 6 nitrogen and oxygen atoms in total. The van der Waals surface area contributed by atoms with Crippen LogP contribution < -0.4 is 0 Å². The van der Waals surface area contributed by atoms with E-state index in [4.69, 9.17) is 9.62 Å². The smallest absolute Gasteiger partial charge is 0.335 e. The van der Waals surface area contributed by atoms with Crippen molar-refractivity contribution in [2.24, 2.45) is 5.92 Å². The van der Waals surface area contributed by atoms with E-state index in [2.05, 4.69) is 19.0 Å². The van der Waals surface area contributed by atoms with Gasteiger partial charge in [0.2, 0.25) is 0 Å². The van der Waals surface area contributed by atoms with E-state index in [0.29, 0.717) is 17.2 Å². The lowest BCUT2D eigenvalue weighted by Crippen LogP contribution is -2.45. The minimum atomic E-state index is -0.978. The van der Waals surface area contributed by atoms with Crippen LogP contribution in [0.4, 0.5) is 4.39 Å². The van der Waals surface area contributed by atoms with Crippen molar-refractivity contribution in [2.45, 2.75) is 44.4 Å². The Labute approximate surface area is 196 Å². The highest BCUT2D eigenvalue weighted by atomic mass is 19.1. The molecule has 0 bridgehead atoms. The number of fused-ring (bicyclic) bond motifs is 4. The quantitative estimate of drug-likeness (QED) is 0.437. The molecule has 0 spiro atoms. The lowest BCUT2D eigenvalue weighted by Gasteiger charge is -2.47. The Hall–Kier alpha value is -3.74. The summed E-state index contributed by atoms with van der Waals surface area (Å²) in [4.78, 5) is 11.4. The monoisotopic (exact) mass is 457 g/mol. The fourth-order valence-corrected chi connectivity index (χ4v) is 6.24. The molecular formula is C27H24FN3O3. The molecule has 0 unspecified atom stereocenters. The van der Waals surface area contributed by atoms with Crippen molar-refractivity contribution in [3.63, 3.8) is 0 Å². The first-order valence-electron chi connectivity index (χ1n) is 11.5. The average molecular weight is 458 g/mol. The molecule has 0 fully saturated rings. The van der Waals surface area contributed by atoms with Crippen LogP contribution in [0.3, 0.4) is 0 Å². The molecule has 0 aliphatic heterocycles. The summed E-state index contributed by atoms with van der Waals surface area (Å²) < 4.78 is 22.4. The molecule has 34 heavy (non-hydrogen) atoms. The van der Waals surface area contributed by atoms with E-state index in [1.54, 1.807) is 36.4 Å². The molecule has 2 aliphatic carbocycles. The standard InChI is InChI=1S/C27H24FN3O3/c1-15-21-12-11-20-23(19-5-3-4-6-22(19)28)30-31(18-9-7-16(8-10-18)26(32)33)25(20)27(21,2)13-17-14-29-34-24(15)17/h3-10,14-15,21H,11-13H2,1-2H3,(H,32,33)/t15-,21-,27-/m1/s1. The van der Waals surface area contributed by atoms with Crippen LogP contribution in [0.1, 0.15) is 59.1 Å². The first-order chi connectivity index (χ1) is 16.4. The van der Waals surface area contributed by atoms with Crippen LogP contribution in [0.5, 0.6) is 0 Å². The molecular weight excluding hydrogens is 433 g/mol. The summed E-state index contributed by atoms with van der Waals surface area (Å²) in [6.45, 7) is 4.45. The second-order valence-corrected chi connectivity index (χ2v) is 9.66. The molecule has 2 heterocycles. The number of hydrogen-bond acceptors (Lipinski definition) is 4. The van der Waals surface area contributed by atoms with Gasteiger partial charge in [-0.25, -0.2) is 13.9 Å². The molecule has 1 N–H and O–H groups in total. The van der Waals surface area contributed by atoms with E-state index in [0.717, 1.165) is 47.5 Å². The van der Waals surface area contributed by atoms with Gasteiger partial charge in [0.1, 0.15) is 11.6 Å². The van der Waals surface area contributed by atoms with E-state index in [9.17, 15) is 14.3 Å². The summed E-state index contributed by atoms with van der Waals surface area (Å²) in [6, 6.07) is 13.4. The van der Waals surface area contributed by atoms with Crippen molar-refractivity contribution in [3.8, 4) is 16.9 Å². The van der Waals surface area contributed by atoms with Crippen molar-refractivity contribution in [1.82, 2.24) is 14.9 Å². The van der Waals surface area contributed by atoms with Crippen LogP contribution in [-0.2, 0) is 18.3 Å². The van der Waals surface area contributed by atoms with Crippen LogP contribution in [0.15, 0.2) is 59.3 Å². The molecule has 0 saturated heterocycles. The van der Waals surface area contributed by atoms with Crippen LogP contribution in [0, 0.1) is 11.7 Å². The third kappa shape index (κ3) is 2.89. The Kier molecular flexibility index (Phi) is 4.52. The Balaban J connectivity index is 1.60. The molecule has 2 aromatic carbocycles. The third-order valence-corrected chi connectivity index (χ3v) is 7.79. The number of carbonyl (C=O) groups is 1. The van der Waals surface area contributed by atoms with Crippen molar-refractivity contribution in [1.29, 1.82) is 0 Å². The van der Waals surface area contributed by atoms with Crippen molar-refractivity contribution >= 4 is 5.97 Å². The number of aromatic carboxylic acids is 1. The van der Waals surface area contributed by atoms with Gasteiger partial charge in [0.15, 0.2) is 0 Å². The van der Waals surface area contributed by atoms with Crippen molar-refractivity contribution in [2.75, 3.05) is 0 Å². The summed E-state index contributed by atoms with van der Waals surface area (Å²) in [6.07, 6.45) is 4.28. The summed E-state index contributed by atoms with van der Waals surface area (Å²) in [5, 5.41) is 18.4. The van der Waals surface area contributed by atoms with Crippen LogP contribution in [0.25, 0.3) is 16.9 Å². The van der Waals surface area contributed by atoms with Crippen LogP contribution >= 0.6 is 0 Å². The fraction of sp³-hybridized carbons (Fsp3) is 0.296. The van der Waals surface area contributed by atoms with Gasteiger partial charge in [-0.05, 0) is 61.6 Å². The molecule has 2 aromatic heterocycles. The number of nitrogens with zero attached hydrogens (tertiary/aromatic N) is 3. The zero-order chi connectivity index (χ0) is 23.6. The highest BCUT2D eigenvalue weighted by molar-refractivity contribution is 5.87. The lowest BCUT2D eigenvalue weighted by molar-refractivity contribution is 0.0697. The fourth-order valence-electron chi connectivity index (χ4n) is 6.24. The maximum atomic E-state index is 14.9. The highest BCUT2D eigenvalue weighted by Crippen LogP contribution is 2.55. The van der Waals surface area contributed by atoms with Gasteiger partial charge in [0.25, 0.3) is 0 Å². The van der Waals surface area contributed by atoms with Gasteiger partial charge in [-0.3, -0.25) is 0 Å². The Bertz CT molecular complexity index is 1420. The van der Waals surface area contributed by atoms with E-state index in [1.165, 1.54) is 6.07 Å². The molecule has 172 valence electrons. The first kappa shape index (κ1) is 20.8. The SMILES string of the molecule is C[C@H]1c2oncc2C[C@@]2(C)c3c(c(-c4ccccc4F)nn3-c3ccc(C(=O)O)cc3)CC[C@H]12. The van der Waals surface area contributed by atoms with Gasteiger partial charge in [0.05, 0.1) is 28.8 Å². The first-order valence-corrected chi connectivity index (χ1v) is 11.5. The second-order valence-electron chi connectivity index (χ2n) is 9.66. The van der Waals surface area contributed by atoms with Gasteiger partial charge >= 0.3 is 5.97 Å². The third-order valence-electron chi connectivity index (χ3n) is 7.79. The number of halogens is 1. The molecule has 6 rings (SSSR count). The summed E-state index contributed by atoms with van der Waals surface area (Å²) in [5.74, 6) is 0.176. The largest absolute Gasteiger partial charge is 0.478 e. The van der Waals surface area contributed by atoms with Crippen LogP contribution in [0.2, 0.25) is 0 Å². The number of hydrogen-bond donors (Lipinski definition) is 1. The average Bonchev–Trinajstić information content (AvgIpc) is 3.45. The van der Waals surface area contributed by atoms with Crippen LogP contribution in [-0.4, -0.2) is 26.0 Å². The van der Waals surface area contributed by atoms with Gasteiger partial charge in [0, 0.05) is 28.0 Å². The highest BCUT2D eigenvalue weighted by Gasteiger charge is 2.51. The molecule has 2 aliphatic rings. The molecule has 3 atom stereocenters. The van der Waals surface area contributed by atoms with Crippen molar-refractivity contribution in [3.05, 3.63) is 88.7 Å². The predicted octanol–water partition coefficient (Wildman–Crippen LogP) is 5.54. The number of rotatable bonds is 3. The minimum absolute atomic E-state index is 0.194. The zero-order valence-corrected chi connectivity index (χ0v) is 19.0. The van der Waals surface area contributed by atoms with Crippen molar-refractivity contribution < 1.29 is 18.8 Å². The number of carboxylic acids is 1. The van der Waals surface area contributed by atoms with Gasteiger partial charge in [-0.2, -0.15) is 5.10 Å². The Morgan fingerprint density at radius 3 is 2.71 bits per heavy atom. The lowest BCUT2D eigenvalue weighted by atomic mass is 9.56.